The van der Waals surface area contributed by atoms with E-state index in [2.05, 4.69) is 10.2 Å². The fourth-order valence-electron chi connectivity index (χ4n) is 1.39. The van der Waals surface area contributed by atoms with Gasteiger partial charge in [-0.15, -0.1) is 0 Å². The number of ether oxygens (including phenoxy) is 1. The van der Waals surface area contributed by atoms with Crippen molar-refractivity contribution in [2.45, 2.75) is 6.92 Å². The summed E-state index contributed by atoms with van der Waals surface area (Å²) in [6.07, 6.45) is 1.47. The average Bonchev–Trinajstić information content (AvgIpc) is 2.64. The van der Waals surface area contributed by atoms with Crippen molar-refractivity contribution in [2.75, 3.05) is 6.61 Å². The summed E-state index contributed by atoms with van der Waals surface area (Å²) in [7, 11) is 0. The molecular weight excluding hydrogens is 199 g/mol. The number of halogens is 1. The Morgan fingerprint density at radius 1 is 1.60 bits per heavy atom. The summed E-state index contributed by atoms with van der Waals surface area (Å²) in [4.78, 5) is 11.5. The predicted molar refractivity (Wildman–Crippen MR) is 52.0 cm³/mol. The van der Waals surface area contributed by atoms with Crippen molar-refractivity contribution in [1.29, 1.82) is 0 Å². The van der Waals surface area contributed by atoms with E-state index in [-0.39, 0.29) is 12.2 Å². The number of rotatable bonds is 2. The molecule has 0 spiro atoms. The Morgan fingerprint density at radius 2 is 2.40 bits per heavy atom. The number of nitrogens with zero attached hydrogens (tertiary/aromatic N) is 1. The summed E-state index contributed by atoms with van der Waals surface area (Å²) in [6, 6.07) is 2.43. The summed E-state index contributed by atoms with van der Waals surface area (Å²) < 4.78 is 17.9. The van der Waals surface area contributed by atoms with Crippen LogP contribution in [0.2, 0.25) is 0 Å². The van der Waals surface area contributed by atoms with E-state index in [9.17, 15) is 9.18 Å². The Hall–Kier alpha value is -1.91. The first-order valence-corrected chi connectivity index (χ1v) is 4.52. The van der Waals surface area contributed by atoms with Gasteiger partial charge < -0.3 is 4.74 Å². The molecule has 0 aliphatic rings. The van der Waals surface area contributed by atoms with Crippen molar-refractivity contribution in [1.82, 2.24) is 10.2 Å². The summed E-state index contributed by atoms with van der Waals surface area (Å²) in [5, 5.41) is 6.91. The van der Waals surface area contributed by atoms with Crippen molar-refractivity contribution in [3.63, 3.8) is 0 Å². The van der Waals surface area contributed by atoms with Gasteiger partial charge in [0, 0.05) is 5.39 Å². The highest BCUT2D eigenvalue weighted by Crippen LogP contribution is 2.19. The van der Waals surface area contributed by atoms with E-state index in [1.165, 1.54) is 12.3 Å². The molecule has 5 heteroatoms. The molecule has 0 unspecified atom stereocenters. The van der Waals surface area contributed by atoms with Gasteiger partial charge in [-0.25, -0.2) is 9.18 Å². The van der Waals surface area contributed by atoms with Gasteiger partial charge in [-0.3, -0.25) is 5.10 Å². The second-order valence-corrected chi connectivity index (χ2v) is 3.01. The molecule has 0 fully saturated rings. The van der Waals surface area contributed by atoms with Crippen LogP contribution in [0.1, 0.15) is 17.3 Å². The largest absolute Gasteiger partial charge is 0.462 e. The molecule has 78 valence electrons. The van der Waals surface area contributed by atoms with Crippen LogP contribution in [0, 0.1) is 5.82 Å². The standard InChI is InChI=1S/C10H9FN2O2/c1-2-15-10(14)7-3-6(11)4-9-8(7)5-12-13-9/h3-5H,2H2,1H3,(H,12,13). The van der Waals surface area contributed by atoms with Crippen LogP contribution in [0.5, 0.6) is 0 Å². The van der Waals surface area contributed by atoms with E-state index in [4.69, 9.17) is 4.74 Å². The van der Waals surface area contributed by atoms with Crippen molar-refractivity contribution < 1.29 is 13.9 Å². The molecule has 0 aliphatic heterocycles. The van der Waals surface area contributed by atoms with Crippen molar-refractivity contribution in [2.24, 2.45) is 0 Å². The maximum atomic E-state index is 13.1. The fourth-order valence-corrected chi connectivity index (χ4v) is 1.39. The third-order valence-electron chi connectivity index (χ3n) is 2.02. The smallest absolute Gasteiger partial charge is 0.338 e. The number of H-pyrrole nitrogens is 1. The lowest BCUT2D eigenvalue weighted by Gasteiger charge is -2.02. The molecule has 4 nitrogen and oxygen atoms in total. The molecule has 0 saturated carbocycles. The van der Waals surface area contributed by atoms with E-state index in [0.717, 1.165) is 6.07 Å². The third-order valence-corrected chi connectivity index (χ3v) is 2.02. The monoisotopic (exact) mass is 208 g/mol. The highest BCUT2D eigenvalue weighted by Gasteiger charge is 2.13. The molecular formula is C10H9FN2O2. The predicted octanol–water partition coefficient (Wildman–Crippen LogP) is 1.88. The molecule has 1 aromatic carbocycles. The SMILES string of the molecule is CCOC(=O)c1cc(F)cc2[nH]ncc12. The van der Waals surface area contributed by atoms with Crippen LogP contribution < -0.4 is 0 Å². The van der Waals surface area contributed by atoms with Gasteiger partial charge in [0.05, 0.1) is 23.9 Å². The van der Waals surface area contributed by atoms with E-state index >= 15 is 0 Å². The number of hydrogen-bond acceptors (Lipinski definition) is 3. The zero-order chi connectivity index (χ0) is 10.8. The Kier molecular flexibility index (Phi) is 2.37. The number of aromatic amines is 1. The highest BCUT2D eigenvalue weighted by molar-refractivity contribution is 6.03. The number of carbonyl (C=O) groups is 1. The van der Waals surface area contributed by atoms with Crippen molar-refractivity contribution in [3.8, 4) is 0 Å². The summed E-state index contributed by atoms with van der Waals surface area (Å²) in [5.41, 5.74) is 0.679. The summed E-state index contributed by atoms with van der Waals surface area (Å²) in [5.74, 6) is -1.03. The lowest BCUT2D eigenvalue weighted by atomic mass is 10.1. The molecule has 2 aromatic rings. The van der Waals surface area contributed by atoms with E-state index in [0.29, 0.717) is 10.9 Å². The molecule has 0 aliphatic carbocycles. The van der Waals surface area contributed by atoms with Crippen molar-refractivity contribution >= 4 is 16.9 Å². The van der Waals surface area contributed by atoms with Crippen LogP contribution in [0.15, 0.2) is 18.3 Å². The minimum Gasteiger partial charge on any atom is -0.462 e. The fraction of sp³-hybridized carbons (Fsp3) is 0.200. The van der Waals surface area contributed by atoms with E-state index < -0.39 is 11.8 Å². The molecule has 0 amide bonds. The maximum Gasteiger partial charge on any atom is 0.338 e. The second kappa shape index (κ2) is 3.68. The maximum absolute atomic E-state index is 13.1. The second-order valence-electron chi connectivity index (χ2n) is 3.01. The number of fused-ring (bicyclic) bond motifs is 1. The minimum atomic E-state index is -0.539. The molecule has 15 heavy (non-hydrogen) atoms. The van der Waals surface area contributed by atoms with Crippen LogP contribution in [-0.4, -0.2) is 22.8 Å². The first-order valence-electron chi connectivity index (χ1n) is 4.52. The van der Waals surface area contributed by atoms with Gasteiger partial charge in [-0.05, 0) is 19.1 Å². The number of hydrogen-bond donors (Lipinski definition) is 1. The van der Waals surface area contributed by atoms with Crippen LogP contribution in [0.4, 0.5) is 4.39 Å². The zero-order valence-electron chi connectivity index (χ0n) is 8.08. The van der Waals surface area contributed by atoms with Crippen LogP contribution in [0.25, 0.3) is 10.9 Å². The molecule has 2 rings (SSSR count). The Morgan fingerprint density at radius 3 is 3.13 bits per heavy atom. The average molecular weight is 208 g/mol. The number of esters is 1. The normalized spacial score (nSPS) is 10.5. The number of carbonyl (C=O) groups excluding carboxylic acids is 1. The van der Waals surface area contributed by atoms with Gasteiger partial charge >= 0.3 is 5.97 Å². The molecule has 1 heterocycles. The quantitative estimate of drug-likeness (QED) is 0.766. The molecule has 0 bridgehead atoms. The Labute approximate surface area is 85.0 Å². The first kappa shape index (κ1) is 9.64. The molecule has 1 N–H and O–H groups in total. The summed E-state index contributed by atoms with van der Waals surface area (Å²) >= 11 is 0. The number of nitrogens with one attached hydrogen (secondary N) is 1. The first-order chi connectivity index (χ1) is 7.22. The molecule has 1 aromatic heterocycles. The van der Waals surface area contributed by atoms with Gasteiger partial charge in [-0.1, -0.05) is 0 Å². The summed E-state index contributed by atoms with van der Waals surface area (Å²) in [6.45, 7) is 1.96. The van der Waals surface area contributed by atoms with Gasteiger partial charge in [-0.2, -0.15) is 5.10 Å². The Balaban J connectivity index is 2.57. The van der Waals surface area contributed by atoms with E-state index in [1.807, 2.05) is 0 Å². The van der Waals surface area contributed by atoms with Crippen LogP contribution in [-0.2, 0) is 4.74 Å². The van der Waals surface area contributed by atoms with Crippen molar-refractivity contribution in [3.05, 3.63) is 29.7 Å². The zero-order valence-corrected chi connectivity index (χ0v) is 8.08. The highest BCUT2D eigenvalue weighted by atomic mass is 19.1. The van der Waals surface area contributed by atoms with Gasteiger partial charge in [0.1, 0.15) is 5.82 Å². The Bertz CT molecular complexity index is 507. The van der Waals surface area contributed by atoms with Gasteiger partial charge in [0.25, 0.3) is 0 Å². The lowest BCUT2D eigenvalue weighted by molar-refractivity contribution is 0.0528. The van der Waals surface area contributed by atoms with Crippen LogP contribution in [0.3, 0.4) is 0 Å². The molecule has 0 atom stereocenters. The van der Waals surface area contributed by atoms with Crippen LogP contribution >= 0.6 is 0 Å². The molecule has 0 saturated heterocycles. The minimum absolute atomic E-state index is 0.195. The topological polar surface area (TPSA) is 55.0 Å². The lowest BCUT2D eigenvalue weighted by Crippen LogP contribution is -2.05. The van der Waals surface area contributed by atoms with Gasteiger partial charge in [0.2, 0.25) is 0 Å². The third kappa shape index (κ3) is 1.68. The molecule has 0 radical (unpaired) electrons. The van der Waals surface area contributed by atoms with E-state index in [1.54, 1.807) is 6.92 Å². The van der Waals surface area contributed by atoms with Gasteiger partial charge in [0.15, 0.2) is 0 Å². The number of aromatic nitrogens is 2. The number of benzene rings is 1.